The van der Waals surface area contributed by atoms with Gasteiger partial charge in [-0.25, -0.2) is 0 Å². The van der Waals surface area contributed by atoms with Crippen LogP contribution >= 0.6 is 11.6 Å². The zero-order chi connectivity index (χ0) is 20.1. The number of rotatable bonds is 7. The summed E-state index contributed by atoms with van der Waals surface area (Å²) in [5, 5.41) is 5.14. The van der Waals surface area contributed by atoms with E-state index in [-0.39, 0.29) is 5.91 Å². The van der Waals surface area contributed by atoms with Crippen molar-refractivity contribution in [2.75, 3.05) is 39.3 Å². The molecule has 4 N–H and O–H groups in total. The number of aromatic nitrogens is 1. The van der Waals surface area contributed by atoms with Crippen LogP contribution in [0.15, 0.2) is 54.7 Å². The fourth-order valence-corrected chi connectivity index (χ4v) is 4.42. The van der Waals surface area contributed by atoms with Crippen LogP contribution in [0.2, 0.25) is 5.02 Å². The van der Waals surface area contributed by atoms with E-state index in [2.05, 4.69) is 40.6 Å². The SMILES string of the molecule is O=C(C[NH+]1CC[NH+](Cc2cccc(Cl)c2)CC1)NCCc1c[nH]c2ccccc12. The van der Waals surface area contributed by atoms with Crippen molar-refractivity contribution in [3.05, 3.63) is 70.9 Å². The van der Waals surface area contributed by atoms with Crippen LogP contribution < -0.4 is 15.1 Å². The molecule has 1 aliphatic heterocycles. The van der Waals surface area contributed by atoms with Gasteiger partial charge in [0.1, 0.15) is 32.7 Å². The molecule has 29 heavy (non-hydrogen) atoms. The van der Waals surface area contributed by atoms with E-state index in [1.807, 2.05) is 24.4 Å². The molecule has 2 aromatic carbocycles. The number of hydrogen-bond acceptors (Lipinski definition) is 1. The van der Waals surface area contributed by atoms with Gasteiger partial charge in [-0.15, -0.1) is 0 Å². The third-order valence-electron chi connectivity index (χ3n) is 5.81. The number of carbonyl (C=O) groups is 1. The smallest absolute Gasteiger partial charge is 0.275 e. The minimum Gasteiger partial charge on any atom is -0.361 e. The van der Waals surface area contributed by atoms with Crippen LogP contribution in [-0.4, -0.2) is 50.2 Å². The molecule has 1 fully saturated rings. The fourth-order valence-electron chi connectivity index (χ4n) is 4.21. The molecule has 1 amide bonds. The van der Waals surface area contributed by atoms with Gasteiger partial charge in [0.25, 0.3) is 5.91 Å². The molecule has 0 aliphatic carbocycles. The highest BCUT2D eigenvalue weighted by molar-refractivity contribution is 6.30. The number of piperazine rings is 1. The highest BCUT2D eigenvalue weighted by atomic mass is 35.5. The first kappa shape index (κ1) is 20.0. The number of quaternary nitrogens is 2. The van der Waals surface area contributed by atoms with Crippen molar-refractivity contribution in [2.45, 2.75) is 13.0 Å². The summed E-state index contributed by atoms with van der Waals surface area (Å²) in [7, 11) is 0. The third-order valence-corrected chi connectivity index (χ3v) is 6.04. The average molecular weight is 413 g/mol. The number of para-hydroxylation sites is 1. The van der Waals surface area contributed by atoms with Crippen molar-refractivity contribution in [3.63, 3.8) is 0 Å². The van der Waals surface area contributed by atoms with Gasteiger partial charge in [-0.3, -0.25) is 4.79 Å². The molecule has 1 aromatic heterocycles. The van der Waals surface area contributed by atoms with Crippen molar-refractivity contribution < 1.29 is 14.6 Å². The molecule has 0 atom stereocenters. The number of aromatic amines is 1. The predicted octanol–water partition coefficient (Wildman–Crippen LogP) is 0.464. The van der Waals surface area contributed by atoms with Gasteiger partial charge < -0.3 is 20.1 Å². The van der Waals surface area contributed by atoms with E-state index in [1.54, 1.807) is 4.90 Å². The Labute approximate surface area is 176 Å². The normalized spacial score (nSPS) is 19.3. The van der Waals surface area contributed by atoms with Gasteiger partial charge in [0.05, 0.1) is 0 Å². The van der Waals surface area contributed by atoms with E-state index < -0.39 is 0 Å². The molecule has 1 saturated heterocycles. The van der Waals surface area contributed by atoms with Crippen molar-refractivity contribution in [2.24, 2.45) is 0 Å². The largest absolute Gasteiger partial charge is 0.361 e. The van der Waals surface area contributed by atoms with Crippen LogP contribution in [0.3, 0.4) is 0 Å². The summed E-state index contributed by atoms with van der Waals surface area (Å²) < 4.78 is 0. The number of carbonyl (C=O) groups excluding carboxylic acids is 1. The molecule has 0 radical (unpaired) electrons. The molecule has 0 bridgehead atoms. The number of hydrogen-bond donors (Lipinski definition) is 4. The number of benzene rings is 2. The lowest BCUT2D eigenvalue weighted by atomic mass is 10.1. The number of H-pyrrole nitrogens is 1. The lowest BCUT2D eigenvalue weighted by Gasteiger charge is -2.29. The summed E-state index contributed by atoms with van der Waals surface area (Å²) in [5.41, 5.74) is 3.69. The first-order valence-electron chi connectivity index (χ1n) is 10.4. The number of amides is 1. The summed E-state index contributed by atoms with van der Waals surface area (Å²) >= 11 is 6.09. The summed E-state index contributed by atoms with van der Waals surface area (Å²) in [6, 6.07) is 16.4. The highest BCUT2D eigenvalue weighted by Gasteiger charge is 2.24. The predicted molar refractivity (Wildman–Crippen MR) is 116 cm³/mol. The first-order valence-corrected chi connectivity index (χ1v) is 10.8. The summed E-state index contributed by atoms with van der Waals surface area (Å²) in [4.78, 5) is 18.6. The summed E-state index contributed by atoms with van der Waals surface area (Å²) in [6.45, 7) is 6.50. The molecule has 0 unspecified atom stereocenters. The molecule has 0 saturated carbocycles. The fraction of sp³-hybridized carbons (Fsp3) is 0.348. The standard InChI is InChI=1S/C23H27ClN4O/c24-20-5-3-4-18(14-20)16-27-10-12-28(13-11-27)17-23(29)25-9-8-19-15-26-22-7-2-1-6-21(19)22/h1-7,14-15,26H,8-13,16-17H2,(H,25,29)/p+2. The second-order valence-corrected chi connectivity index (χ2v) is 8.38. The van der Waals surface area contributed by atoms with E-state index in [4.69, 9.17) is 11.6 Å². The molecule has 0 spiro atoms. The van der Waals surface area contributed by atoms with E-state index in [9.17, 15) is 4.79 Å². The maximum Gasteiger partial charge on any atom is 0.275 e. The maximum absolute atomic E-state index is 12.4. The highest BCUT2D eigenvalue weighted by Crippen LogP contribution is 2.17. The number of nitrogens with one attached hydrogen (secondary N) is 4. The Morgan fingerprint density at radius 3 is 2.66 bits per heavy atom. The van der Waals surface area contributed by atoms with Gasteiger partial charge in [0.15, 0.2) is 6.54 Å². The molecular formula is C23H29ClN4O+2. The van der Waals surface area contributed by atoms with Gasteiger partial charge in [0.2, 0.25) is 0 Å². The van der Waals surface area contributed by atoms with E-state index in [0.717, 1.165) is 49.7 Å². The molecule has 3 aromatic rings. The molecular weight excluding hydrogens is 384 g/mol. The second kappa shape index (κ2) is 9.44. The Balaban J connectivity index is 1.17. The topological polar surface area (TPSA) is 53.8 Å². The summed E-state index contributed by atoms with van der Waals surface area (Å²) in [5.74, 6) is 0.151. The zero-order valence-corrected chi connectivity index (χ0v) is 17.4. The van der Waals surface area contributed by atoms with Crippen molar-refractivity contribution in [1.82, 2.24) is 10.3 Å². The van der Waals surface area contributed by atoms with Crippen LogP contribution in [0, 0.1) is 0 Å². The van der Waals surface area contributed by atoms with Crippen LogP contribution in [0.5, 0.6) is 0 Å². The van der Waals surface area contributed by atoms with Crippen molar-refractivity contribution in [1.29, 1.82) is 0 Å². The van der Waals surface area contributed by atoms with Crippen LogP contribution in [0.4, 0.5) is 0 Å². The lowest BCUT2D eigenvalue weighted by molar-refractivity contribution is -1.02. The molecule has 2 heterocycles. The first-order chi connectivity index (χ1) is 14.2. The quantitative estimate of drug-likeness (QED) is 0.448. The Morgan fingerprint density at radius 1 is 1.03 bits per heavy atom. The van der Waals surface area contributed by atoms with Gasteiger partial charge in [-0.1, -0.05) is 41.9 Å². The molecule has 4 rings (SSSR count). The minimum absolute atomic E-state index is 0.151. The zero-order valence-electron chi connectivity index (χ0n) is 16.6. The van der Waals surface area contributed by atoms with Crippen LogP contribution in [0.25, 0.3) is 10.9 Å². The third kappa shape index (κ3) is 5.38. The van der Waals surface area contributed by atoms with Crippen LogP contribution in [0.1, 0.15) is 11.1 Å². The molecule has 6 heteroatoms. The Hall–Kier alpha value is -2.34. The van der Waals surface area contributed by atoms with E-state index >= 15 is 0 Å². The summed E-state index contributed by atoms with van der Waals surface area (Å²) in [6.07, 6.45) is 2.90. The van der Waals surface area contributed by atoms with Gasteiger partial charge in [-0.05, 0) is 30.2 Å². The lowest BCUT2D eigenvalue weighted by Crippen LogP contribution is -3.28. The minimum atomic E-state index is 0.151. The molecule has 5 nitrogen and oxygen atoms in total. The second-order valence-electron chi connectivity index (χ2n) is 7.94. The van der Waals surface area contributed by atoms with Gasteiger partial charge in [-0.2, -0.15) is 0 Å². The van der Waals surface area contributed by atoms with Crippen molar-refractivity contribution in [3.8, 4) is 0 Å². The number of fused-ring (bicyclic) bond motifs is 1. The van der Waals surface area contributed by atoms with Gasteiger partial charge >= 0.3 is 0 Å². The van der Waals surface area contributed by atoms with Gasteiger partial charge in [0, 0.05) is 34.2 Å². The van der Waals surface area contributed by atoms with Crippen LogP contribution in [-0.2, 0) is 17.8 Å². The maximum atomic E-state index is 12.4. The van der Waals surface area contributed by atoms with E-state index in [1.165, 1.54) is 21.4 Å². The Kier molecular flexibility index (Phi) is 6.49. The molecule has 1 aliphatic rings. The Morgan fingerprint density at radius 2 is 1.83 bits per heavy atom. The average Bonchev–Trinajstić information content (AvgIpc) is 3.13. The number of halogens is 1. The van der Waals surface area contributed by atoms with Crippen molar-refractivity contribution >= 4 is 28.4 Å². The molecule has 152 valence electrons. The van der Waals surface area contributed by atoms with E-state index in [0.29, 0.717) is 13.1 Å². The monoisotopic (exact) mass is 412 g/mol. The Bertz CT molecular complexity index is 962.